The Morgan fingerprint density at radius 3 is 2.67 bits per heavy atom. The van der Waals surface area contributed by atoms with Crippen molar-refractivity contribution in [3.8, 4) is 11.5 Å². The van der Waals surface area contributed by atoms with E-state index in [-0.39, 0.29) is 35.6 Å². The Bertz CT molecular complexity index is 941. The van der Waals surface area contributed by atoms with Gasteiger partial charge in [0, 0.05) is 18.7 Å². The molecule has 27 heavy (non-hydrogen) atoms. The topological polar surface area (TPSA) is 93.7 Å². The number of sulfonamides is 1. The highest BCUT2D eigenvalue weighted by molar-refractivity contribution is 7.89. The molecule has 1 amide bonds. The first-order valence-electron chi connectivity index (χ1n) is 8.61. The molecule has 0 aliphatic carbocycles. The molecular formula is C19H22N2O5S. The van der Waals surface area contributed by atoms with Crippen LogP contribution in [0.15, 0.2) is 47.4 Å². The molecule has 0 spiro atoms. The average molecular weight is 390 g/mol. The minimum atomic E-state index is -3.65. The van der Waals surface area contributed by atoms with Gasteiger partial charge in [0.05, 0.1) is 4.90 Å². The van der Waals surface area contributed by atoms with E-state index in [9.17, 15) is 13.2 Å². The predicted octanol–water partition coefficient (Wildman–Crippen LogP) is 2.28. The number of nitrogens with one attached hydrogen (secondary N) is 2. The first kappa shape index (κ1) is 19.2. The van der Waals surface area contributed by atoms with E-state index in [0.29, 0.717) is 18.0 Å². The summed E-state index contributed by atoms with van der Waals surface area (Å²) in [6, 6.07) is 11.4. The van der Waals surface area contributed by atoms with Crippen LogP contribution in [0.3, 0.4) is 0 Å². The van der Waals surface area contributed by atoms with Crippen molar-refractivity contribution in [3.63, 3.8) is 0 Å². The average Bonchev–Trinajstić information content (AvgIpc) is 3.12. The molecule has 0 atom stereocenters. The van der Waals surface area contributed by atoms with Crippen molar-refractivity contribution in [2.24, 2.45) is 5.92 Å². The van der Waals surface area contributed by atoms with Gasteiger partial charge >= 0.3 is 0 Å². The van der Waals surface area contributed by atoms with Crippen LogP contribution in [0, 0.1) is 5.92 Å². The van der Waals surface area contributed by atoms with E-state index in [4.69, 9.17) is 9.47 Å². The van der Waals surface area contributed by atoms with E-state index >= 15 is 0 Å². The minimum Gasteiger partial charge on any atom is -0.454 e. The summed E-state index contributed by atoms with van der Waals surface area (Å²) in [6.45, 7) is 4.66. The molecule has 1 aliphatic rings. The molecule has 0 unspecified atom stereocenters. The quantitative estimate of drug-likeness (QED) is 0.756. The zero-order valence-electron chi connectivity index (χ0n) is 15.2. The number of benzene rings is 2. The number of carbonyl (C=O) groups is 1. The largest absolute Gasteiger partial charge is 0.454 e. The second-order valence-corrected chi connectivity index (χ2v) is 8.41. The number of rotatable bonds is 7. The molecule has 3 rings (SSSR count). The van der Waals surface area contributed by atoms with Crippen molar-refractivity contribution in [2.45, 2.75) is 25.3 Å². The molecule has 0 saturated carbocycles. The van der Waals surface area contributed by atoms with Gasteiger partial charge in [0.25, 0.3) is 5.91 Å². The zero-order valence-corrected chi connectivity index (χ0v) is 16.0. The van der Waals surface area contributed by atoms with Crippen molar-refractivity contribution >= 4 is 15.9 Å². The standard InChI is InChI=1S/C19H22N2O5S/c1-13(2)10-21-27(23,24)16-5-3-4-15(9-16)19(22)20-11-14-6-7-17-18(8-14)26-12-25-17/h3-9,13,21H,10-12H2,1-2H3,(H,20,22). The number of hydrogen-bond donors (Lipinski definition) is 2. The van der Waals surface area contributed by atoms with Crippen LogP contribution in [0.5, 0.6) is 11.5 Å². The summed E-state index contributed by atoms with van der Waals surface area (Å²) in [7, 11) is -3.65. The van der Waals surface area contributed by atoms with Gasteiger partial charge in [0.1, 0.15) is 0 Å². The smallest absolute Gasteiger partial charge is 0.251 e. The van der Waals surface area contributed by atoms with Gasteiger partial charge in [-0.2, -0.15) is 0 Å². The lowest BCUT2D eigenvalue weighted by molar-refractivity contribution is 0.0950. The Labute approximate surface area is 158 Å². The summed E-state index contributed by atoms with van der Waals surface area (Å²) in [5.74, 6) is 1.16. The van der Waals surface area contributed by atoms with Gasteiger partial charge in [-0.15, -0.1) is 0 Å². The minimum absolute atomic E-state index is 0.0684. The number of amides is 1. The lowest BCUT2D eigenvalue weighted by Crippen LogP contribution is -2.28. The van der Waals surface area contributed by atoms with Crippen LogP contribution >= 0.6 is 0 Å². The fraction of sp³-hybridized carbons (Fsp3) is 0.316. The van der Waals surface area contributed by atoms with E-state index in [1.807, 2.05) is 19.9 Å². The molecule has 1 heterocycles. The molecule has 0 fully saturated rings. The van der Waals surface area contributed by atoms with E-state index in [1.165, 1.54) is 12.1 Å². The van der Waals surface area contributed by atoms with E-state index in [1.54, 1.807) is 24.3 Å². The molecule has 8 heteroatoms. The lowest BCUT2D eigenvalue weighted by atomic mass is 10.2. The van der Waals surface area contributed by atoms with Gasteiger partial charge in [-0.05, 0) is 41.8 Å². The van der Waals surface area contributed by atoms with Crippen molar-refractivity contribution in [3.05, 3.63) is 53.6 Å². The van der Waals surface area contributed by atoms with Crippen molar-refractivity contribution in [2.75, 3.05) is 13.3 Å². The molecular weight excluding hydrogens is 368 g/mol. The van der Waals surface area contributed by atoms with Crippen LogP contribution in [-0.4, -0.2) is 27.7 Å². The molecule has 1 aliphatic heterocycles. The van der Waals surface area contributed by atoms with E-state index in [0.717, 1.165) is 5.56 Å². The third-order valence-electron chi connectivity index (χ3n) is 3.98. The fourth-order valence-electron chi connectivity index (χ4n) is 2.50. The summed E-state index contributed by atoms with van der Waals surface area (Å²) in [5, 5.41) is 2.78. The normalized spacial score (nSPS) is 13.0. The first-order valence-corrected chi connectivity index (χ1v) is 10.1. The van der Waals surface area contributed by atoms with Gasteiger partial charge < -0.3 is 14.8 Å². The lowest BCUT2D eigenvalue weighted by Gasteiger charge is -2.10. The molecule has 2 aromatic carbocycles. The summed E-state index contributed by atoms with van der Waals surface area (Å²) < 4.78 is 37.8. The Morgan fingerprint density at radius 2 is 1.89 bits per heavy atom. The van der Waals surface area contributed by atoms with E-state index in [2.05, 4.69) is 10.0 Å². The Hall–Kier alpha value is -2.58. The van der Waals surface area contributed by atoms with Crippen LogP contribution in [0.25, 0.3) is 0 Å². The highest BCUT2D eigenvalue weighted by Gasteiger charge is 2.17. The number of ether oxygens (including phenoxy) is 2. The van der Waals surface area contributed by atoms with Gasteiger partial charge in [0.2, 0.25) is 16.8 Å². The third-order valence-corrected chi connectivity index (χ3v) is 5.40. The summed E-state index contributed by atoms with van der Waals surface area (Å²) >= 11 is 0. The van der Waals surface area contributed by atoms with Crippen molar-refractivity contribution in [1.29, 1.82) is 0 Å². The number of carbonyl (C=O) groups excluding carboxylic acids is 1. The van der Waals surface area contributed by atoms with Gasteiger partial charge in [-0.3, -0.25) is 4.79 Å². The third kappa shape index (κ3) is 4.78. The molecule has 0 radical (unpaired) electrons. The molecule has 2 aromatic rings. The Kier molecular flexibility index (Phi) is 5.67. The maximum absolute atomic E-state index is 12.4. The second kappa shape index (κ2) is 7.98. The summed E-state index contributed by atoms with van der Waals surface area (Å²) in [4.78, 5) is 12.5. The van der Waals surface area contributed by atoms with Crippen molar-refractivity contribution in [1.82, 2.24) is 10.0 Å². The fourth-order valence-corrected chi connectivity index (χ4v) is 3.76. The number of fused-ring (bicyclic) bond motifs is 1. The van der Waals surface area contributed by atoms with Crippen LogP contribution in [0.4, 0.5) is 0 Å². The van der Waals surface area contributed by atoms with Crippen LogP contribution in [0.2, 0.25) is 0 Å². The molecule has 0 bridgehead atoms. The monoisotopic (exact) mass is 390 g/mol. The SMILES string of the molecule is CC(C)CNS(=O)(=O)c1cccc(C(=O)NCc2ccc3c(c2)OCO3)c1. The zero-order chi connectivity index (χ0) is 19.4. The predicted molar refractivity (Wildman–Crippen MR) is 100 cm³/mol. The number of hydrogen-bond acceptors (Lipinski definition) is 5. The van der Waals surface area contributed by atoms with Crippen LogP contribution < -0.4 is 19.5 Å². The summed E-state index contributed by atoms with van der Waals surface area (Å²) in [5.41, 5.74) is 1.14. The first-order chi connectivity index (χ1) is 12.8. The second-order valence-electron chi connectivity index (χ2n) is 6.64. The molecule has 2 N–H and O–H groups in total. The van der Waals surface area contributed by atoms with E-state index < -0.39 is 10.0 Å². The molecule has 0 aromatic heterocycles. The molecule has 7 nitrogen and oxygen atoms in total. The maximum atomic E-state index is 12.4. The Morgan fingerprint density at radius 1 is 1.11 bits per heavy atom. The molecule has 0 saturated heterocycles. The van der Waals surface area contributed by atoms with Gasteiger partial charge in [-0.1, -0.05) is 26.0 Å². The molecule has 144 valence electrons. The van der Waals surface area contributed by atoms with Crippen molar-refractivity contribution < 1.29 is 22.7 Å². The highest BCUT2D eigenvalue weighted by atomic mass is 32.2. The summed E-state index contributed by atoms with van der Waals surface area (Å²) in [6.07, 6.45) is 0. The highest BCUT2D eigenvalue weighted by Crippen LogP contribution is 2.32. The van der Waals surface area contributed by atoms with Gasteiger partial charge in [0.15, 0.2) is 11.5 Å². The van der Waals surface area contributed by atoms with Crippen LogP contribution in [-0.2, 0) is 16.6 Å². The maximum Gasteiger partial charge on any atom is 0.251 e. The van der Waals surface area contributed by atoms with Crippen LogP contribution in [0.1, 0.15) is 29.8 Å². The van der Waals surface area contributed by atoms with Gasteiger partial charge in [-0.25, -0.2) is 13.1 Å². The Balaban J connectivity index is 1.66.